The first-order valence-corrected chi connectivity index (χ1v) is 9.04. The van der Waals surface area contributed by atoms with Crippen LogP contribution >= 0.6 is 0 Å². The van der Waals surface area contributed by atoms with E-state index < -0.39 is 0 Å². The highest BCUT2D eigenvalue weighted by Crippen LogP contribution is 2.30. The standard InChI is InChI=1S/C21H13N7O2/c29-28-20(17(27-30-28)14-8-2-1-3-9-14)21-24-18(15-10-4-6-12-22-15)19(25-26-21)16-11-5-7-13-23-16/h1-13H. The number of nitrogens with zero attached hydrogens (tertiary/aromatic N) is 7. The largest absolute Gasteiger partial charge is 0.359 e. The molecule has 0 saturated heterocycles. The summed E-state index contributed by atoms with van der Waals surface area (Å²) in [5, 5.41) is 24.8. The molecule has 30 heavy (non-hydrogen) atoms. The summed E-state index contributed by atoms with van der Waals surface area (Å²) in [5.74, 6) is 0.0745. The Morgan fingerprint density at radius 1 is 0.700 bits per heavy atom. The van der Waals surface area contributed by atoms with Crippen molar-refractivity contribution in [2.24, 2.45) is 0 Å². The molecule has 0 aliphatic carbocycles. The van der Waals surface area contributed by atoms with Gasteiger partial charge in [0.15, 0.2) is 0 Å². The van der Waals surface area contributed by atoms with Gasteiger partial charge in [-0.25, -0.2) is 4.98 Å². The molecular formula is C21H13N7O2. The van der Waals surface area contributed by atoms with Gasteiger partial charge in [0.05, 0.1) is 11.4 Å². The average Bonchev–Trinajstić information content (AvgIpc) is 3.22. The summed E-state index contributed by atoms with van der Waals surface area (Å²) in [4.78, 5) is 13.6. The molecule has 0 spiro atoms. The lowest BCUT2D eigenvalue weighted by Gasteiger charge is -2.07. The van der Waals surface area contributed by atoms with Crippen molar-refractivity contribution in [2.45, 2.75) is 0 Å². The van der Waals surface area contributed by atoms with Crippen molar-refractivity contribution >= 4 is 0 Å². The van der Waals surface area contributed by atoms with E-state index in [4.69, 9.17) is 4.63 Å². The Bertz CT molecular complexity index is 1290. The molecular weight excluding hydrogens is 382 g/mol. The third kappa shape index (κ3) is 3.14. The lowest BCUT2D eigenvalue weighted by atomic mass is 10.1. The van der Waals surface area contributed by atoms with Gasteiger partial charge < -0.3 is 5.21 Å². The molecule has 0 N–H and O–H groups in total. The van der Waals surface area contributed by atoms with Gasteiger partial charge >= 0.3 is 0 Å². The fourth-order valence-electron chi connectivity index (χ4n) is 3.00. The van der Waals surface area contributed by atoms with E-state index in [1.807, 2.05) is 48.5 Å². The zero-order chi connectivity index (χ0) is 20.3. The van der Waals surface area contributed by atoms with E-state index >= 15 is 0 Å². The van der Waals surface area contributed by atoms with E-state index in [-0.39, 0.29) is 16.4 Å². The van der Waals surface area contributed by atoms with Crippen LogP contribution in [-0.4, -0.2) is 30.3 Å². The van der Waals surface area contributed by atoms with Crippen molar-refractivity contribution < 1.29 is 9.53 Å². The van der Waals surface area contributed by atoms with Crippen LogP contribution < -0.4 is 4.90 Å². The van der Waals surface area contributed by atoms with E-state index in [1.165, 1.54) is 0 Å². The molecule has 0 amide bonds. The minimum atomic E-state index is 0.0680. The van der Waals surface area contributed by atoms with Crippen molar-refractivity contribution in [3.05, 3.63) is 84.3 Å². The first-order chi connectivity index (χ1) is 14.8. The Morgan fingerprint density at radius 3 is 2.03 bits per heavy atom. The van der Waals surface area contributed by atoms with Crippen LogP contribution in [0.15, 0.2) is 83.8 Å². The highest BCUT2D eigenvalue weighted by atomic mass is 16.8. The van der Waals surface area contributed by atoms with E-state index in [1.54, 1.807) is 30.6 Å². The molecule has 9 nitrogen and oxygen atoms in total. The minimum Gasteiger partial charge on any atom is -0.359 e. The Kier molecular flexibility index (Phi) is 4.37. The predicted molar refractivity (Wildman–Crippen MR) is 106 cm³/mol. The zero-order valence-corrected chi connectivity index (χ0v) is 15.5. The second-order valence-electron chi connectivity index (χ2n) is 6.26. The average molecular weight is 395 g/mol. The molecule has 144 valence electrons. The molecule has 0 unspecified atom stereocenters. The molecule has 0 aliphatic heterocycles. The number of benzene rings is 1. The zero-order valence-electron chi connectivity index (χ0n) is 15.5. The van der Waals surface area contributed by atoms with Crippen LogP contribution in [0.3, 0.4) is 0 Å². The van der Waals surface area contributed by atoms with E-state index in [2.05, 4.69) is 30.3 Å². The Morgan fingerprint density at radius 2 is 1.37 bits per heavy atom. The third-order valence-corrected chi connectivity index (χ3v) is 4.37. The Hall–Kier alpha value is -4.53. The van der Waals surface area contributed by atoms with Gasteiger partial charge in [0, 0.05) is 23.1 Å². The molecule has 0 bridgehead atoms. The van der Waals surface area contributed by atoms with Crippen molar-refractivity contribution in [3.8, 4) is 45.6 Å². The minimum absolute atomic E-state index is 0.0680. The second-order valence-corrected chi connectivity index (χ2v) is 6.26. The second kappa shape index (κ2) is 7.47. The molecule has 9 heteroatoms. The summed E-state index contributed by atoms with van der Waals surface area (Å²) >= 11 is 0. The number of pyridine rings is 2. The Balaban J connectivity index is 1.72. The van der Waals surface area contributed by atoms with Crippen LogP contribution in [0.4, 0.5) is 0 Å². The van der Waals surface area contributed by atoms with Crippen molar-refractivity contribution in [1.82, 2.24) is 30.3 Å². The first kappa shape index (κ1) is 17.6. The summed E-state index contributed by atoms with van der Waals surface area (Å²) < 4.78 is 4.84. The van der Waals surface area contributed by atoms with Gasteiger partial charge in [0.2, 0.25) is 5.82 Å². The lowest BCUT2D eigenvalue weighted by molar-refractivity contribution is -0.793. The van der Waals surface area contributed by atoms with Gasteiger partial charge in [-0.3, -0.25) is 14.6 Å². The van der Waals surface area contributed by atoms with Gasteiger partial charge in [0.25, 0.3) is 11.4 Å². The van der Waals surface area contributed by atoms with E-state index in [0.717, 1.165) is 0 Å². The molecule has 0 saturated carbocycles. The van der Waals surface area contributed by atoms with Gasteiger partial charge in [-0.15, -0.1) is 10.2 Å². The molecule has 0 radical (unpaired) electrons. The Labute approximate surface area is 170 Å². The van der Waals surface area contributed by atoms with Crippen LogP contribution in [0, 0.1) is 5.21 Å². The first-order valence-electron chi connectivity index (χ1n) is 9.04. The van der Waals surface area contributed by atoms with Gasteiger partial charge in [-0.2, -0.15) is 0 Å². The van der Waals surface area contributed by atoms with Crippen LogP contribution in [0.1, 0.15) is 0 Å². The predicted octanol–water partition coefficient (Wildman–Crippen LogP) is 2.95. The van der Waals surface area contributed by atoms with E-state index in [0.29, 0.717) is 34.0 Å². The maximum absolute atomic E-state index is 12.4. The van der Waals surface area contributed by atoms with E-state index in [9.17, 15) is 5.21 Å². The molecule has 0 atom stereocenters. The normalized spacial score (nSPS) is 10.8. The lowest BCUT2D eigenvalue weighted by Crippen LogP contribution is -2.26. The highest BCUT2D eigenvalue weighted by molar-refractivity contribution is 5.77. The third-order valence-electron chi connectivity index (χ3n) is 4.37. The van der Waals surface area contributed by atoms with Gasteiger partial charge in [0.1, 0.15) is 11.4 Å². The molecule has 5 aromatic rings. The van der Waals surface area contributed by atoms with Crippen LogP contribution in [0.25, 0.3) is 45.6 Å². The smallest absolute Gasteiger partial charge is 0.272 e. The summed E-state index contributed by atoms with van der Waals surface area (Å²) in [7, 11) is 0. The van der Waals surface area contributed by atoms with Crippen LogP contribution in [0.5, 0.6) is 0 Å². The van der Waals surface area contributed by atoms with Gasteiger partial charge in [-0.05, 0) is 29.2 Å². The summed E-state index contributed by atoms with van der Waals surface area (Å²) in [6, 6.07) is 20.1. The summed E-state index contributed by atoms with van der Waals surface area (Å²) in [6.07, 6.45) is 3.31. The summed E-state index contributed by atoms with van der Waals surface area (Å²) in [6.45, 7) is 0. The van der Waals surface area contributed by atoms with Crippen LogP contribution in [-0.2, 0) is 0 Å². The van der Waals surface area contributed by atoms with Gasteiger partial charge in [-0.1, -0.05) is 42.5 Å². The molecule has 4 heterocycles. The number of hydrogen-bond acceptors (Lipinski definition) is 8. The fourth-order valence-corrected chi connectivity index (χ4v) is 3.00. The molecule has 0 fully saturated rings. The molecule has 4 aromatic heterocycles. The van der Waals surface area contributed by atoms with Crippen molar-refractivity contribution in [1.29, 1.82) is 0 Å². The van der Waals surface area contributed by atoms with Crippen molar-refractivity contribution in [2.75, 3.05) is 0 Å². The molecule has 5 rings (SSSR count). The fraction of sp³-hybridized carbons (Fsp3) is 0. The van der Waals surface area contributed by atoms with Crippen molar-refractivity contribution in [3.63, 3.8) is 0 Å². The maximum Gasteiger partial charge on any atom is 0.272 e. The SMILES string of the molecule is [O-][n+]1onc(-c2ccccc2)c1-c1nnc(-c2ccccn2)c(-c2ccccn2)n1. The number of hydrogen-bond donors (Lipinski definition) is 0. The summed E-state index contributed by atoms with van der Waals surface area (Å²) in [5.41, 5.74) is 3.15. The molecule has 0 aliphatic rings. The number of rotatable bonds is 4. The number of aromatic nitrogens is 7. The topological polar surface area (TPSA) is 117 Å². The van der Waals surface area contributed by atoms with Crippen LogP contribution in [0.2, 0.25) is 0 Å². The monoisotopic (exact) mass is 395 g/mol. The molecule has 1 aromatic carbocycles. The highest BCUT2D eigenvalue weighted by Gasteiger charge is 2.27. The maximum atomic E-state index is 12.4. The quantitative estimate of drug-likeness (QED) is 0.426.